The number of aromatic amines is 1. The summed E-state index contributed by atoms with van der Waals surface area (Å²) in [6.07, 6.45) is 4.69. The minimum absolute atomic E-state index is 0.166. The molecule has 1 aromatic carbocycles. The fourth-order valence-corrected chi connectivity index (χ4v) is 5.30. The Morgan fingerprint density at radius 1 is 1.24 bits per heavy atom. The first-order chi connectivity index (χ1) is 17.8. The van der Waals surface area contributed by atoms with E-state index in [1.807, 2.05) is 30.0 Å². The highest BCUT2D eigenvalue weighted by molar-refractivity contribution is 6.35. The Morgan fingerprint density at radius 2 is 2.00 bits per heavy atom. The van der Waals surface area contributed by atoms with Crippen LogP contribution in [0.5, 0.6) is 5.75 Å². The zero-order valence-corrected chi connectivity index (χ0v) is 21.7. The predicted octanol–water partition coefficient (Wildman–Crippen LogP) is 5.69. The summed E-state index contributed by atoms with van der Waals surface area (Å²) in [7, 11) is 0. The molecule has 190 valence electrons. The Balaban J connectivity index is 1.35. The van der Waals surface area contributed by atoms with Crippen molar-refractivity contribution < 1.29 is 9.13 Å². The number of benzene rings is 1. The summed E-state index contributed by atoms with van der Waals surface area (Å²) >= 11 is 12.6. The zero-order chi connectivity index (χ0) is 26.2. The quantitative estimate of drug-likeness (QED) is 0.277. The van der Waals surface area contributed by atoms with Crippen LogP contribution in [-0.4, -0.2) is 45.3 Å². The molecule has 3 aromatic heterocycles. The van der Waals surface area contributed by atoms with Crippen molar-refractivity contribution in [3.8, 4) is 23.1 Å². The summed E-state index contributed by atoms with van der Waals surface area (Å²) in [5.41, 5.74) is 2.38. The summed E-state index contributed by atoms with van der Waals surface area (Å²) in [6, 6.07) is 9.07. The van der Waals surface area contributed by atoms with Crippen LogP contribution in [0.2, 0.25) is 10.0 Å². The molecule has 1 fully saturated rings. The van der Waals surface area contributed by atoms with Gasteiger partial charge in [0.2, 0.25) is 0 Å². The first kappa shape index (κ1) is 25.2. The van der Waals surface area contributed by atoms with Gasteiger partial charge in [-0.2, -0.15) is 10.4 Å². The molecule has 1 aliphatic heterocycles. The van der Waals surface area contributed by atoms with Gasteiger partial charge in [0.05, 0.1) is 27.2 Å². The molecule has 2 N–H and O–H groups in total. The highest BCUT2D eigenvalue weighted by Crippen LogP contribution is 2.36. The Bertz CT molecular complexity index is 1480. The maximum atomic E-state index is 15.1. The maximum Gasteiger partial charge on any atom is 0.166 e. The highest BCUT2D eigenvalue weighted by Gasteiger charge is 2.39. The normalized spacial score (nSPS) is 15.3. The van der Waals surface area contributed by atoms with Crippen LogP contribution in [0.4, 0.5) is 10.2 Å². The molecule has 0 amide bonds. The number of aromatic nitrogens is 4. The number of nitriles is 1. The average Bonchev–Trinajstić information content (AvgIpc) is 3.26. The Labute approximate surface area is 223 Å². The van der Waals surface area contributed by atoms with E-state index in [4.69, 9.17) is 33.2 Å². The molecule has 1 aliphatic rings. The number of hydrogen-bond donors (Lipinski definition) is 2. The molecule has 0 saturated carbocycles. The predicted molar refractivity (Wildman–Crippen MR) is 141 cm³/mol. The monoisotopic (exact) mass is 539 g/mol. The lowest BCUT2D eigenvalue weighted by Gasteiger charge is -2.49. The number of fused-ring (bicyclic) bond motifs is 1. The lowest BCUT2D eigenvalue weighted by atomic mass is 9.92. The van der Waals surface area contributed by atoms with E-state index >= 15 is 4.39 Å². The smallest absolute Gasteiger partial charge is 0.166 e. The molecule has 5 rings (SSSR count). The standard InChI is InChI=1S/C26H24Cl2FN7O/c1-15(23-19(27)11-31-12-20(23)28)37-17-4-5-22-18(9-17)24(35-34-22)16-8-21(29)25(32-10-16)36-13-26(2,14-36)33-7-3-6-30/h4-5,8-12,15,33H,3,7,13-14H2,1-2H3,(H,34,35)/t15-/m1/s1. The van der Waals surface area contributed by atoms with Crippen LogP contribution in [0.1, 0.15) is 31.9 Å². The van der Waals surface area contributed by atoms with E-state index in [1.54, 1.807) is 6.20 Å². The second-order valence-corrected chi connectivity index (χ2v) is 10.2. The molecule has 1 saturated heterocycles. The van der Waals surface area contributed by atoms with Crippen molar-refractivity contribution in [2.24, 2.45) is 0 Å². The van der Waals surface area contributed by atoms with Gasteiger partial charge in [0.25, 0.3) is 0 Å². The van der Waals surface area contributed by atoms with Crippen molar-refractivity contribution in [2.75, 3.05) is 24.5 Å². The maximum absolute atomic E-state index is 15.1. The third-order valence-corrected chi connectivity index (χ3v) is 7.01. The molecule has 0 spiro atoms. The van der Waals surface area contributed by atoms with Gasteiger partial charge in [-0.25, -0.2) is 9.37 Å². The van der Waals surface area contributed by atoms with Crippen LogP contribution in [0, 0.1) is 17.1 Å². The van der Waals surface area contributed by atoms with Crippen LogP contribution in [0.25, 0.3) is 22.2 Å². The van der Waals surface area contributed by atoms with Gasteiger partial charge in [0, 0.05) is 61.2 Å². The van der Waals surface area contributed by atoms with Gasteiger partial charge < -0.3 is 15.0 Å². The molecule has 0 unspecified atom stereocenters. The third kappa shape index (κ3) is 5.05. The molecule has 0 bridgehead atoms. The summed E-state index contributed by atoms with van der Waals surface area (Å²) in [6.45, 7) is 5.73. The summed E-state index contributed by atoms with van der Waals surface area (Å²) in [5, 5.41) is 21.1. The SMILES string of the molecule is C[C@@H](Oc1ccc2[nH]nc(-c3cnc(N4CC(C)(NCCC#N)C4)c(F)c3)c2c1)c1c(Cl)cncc1Cl. The lowest BCUT2D eigenvalue weighted by molar-refractivity contribution is 0.227. The van der Waals surface area contributed by atoms with Crippen LogP contribution < -0.4 is 15.0 Å². The third-order valence-electron chi connectivity index (χ3n) is 6.41. The van der Waals surface area contributed by atoms with Crippen molar-refractivity contribution in [2.45, 2.75) is 31.9 Å². The van der Waals surface area contributed by atoms with Crippen molar-refractivity contribution in [1.82, 2.24) is 25.5 Å². The Kier molecular flexibility index (Phi) is 6.90. The van der Waals surface area contributed by atoms with Crippen LogP contribution in [-0.2, 0) is 0 Å². The second kappa shape index (κ2) is 10.1. The molecule has 37 heavy (non-hydrogen) atoms. The van der Waals surface area contributed by atoms with Crippen LogP contribution in [0.15, 0.2) is 42.9 Å². The van der Waals surface area contributed by atoms with E-state index < -0.39 is 11.9 Å². The van der Waals surface area contributed by atoms with Crippen molar-refractivity contribution in [1.29, 1.82) is 5.26 Å². The molecular weight excluding hydrogens is 516 g/mol. The minimum atomic E-state index is -0.425. The molecular formula is C26H24Cl2FN7O. The molecule has 4 aromatic rings. The number of H-pyrrole nitrogens is 1. The second-order valence-electron chi connectivity index (χ2n) is 9.34. The molecule has 0 radical (unpaired) electrons. The first-order valence-electron chi connectivity index (χ1n) is 11.7. The molecule has 8 nitrogen and oxygen atoms in total. The van der Waals surface area contributed by atoms with E-state index in [0.717, 1.165) is 10.9 Å². The summed E-state index contributed by atoms with van der Waals surface area (Å²) in [5.74, 6) is 0.461. The number of anilines is 1. The molecule has 11 heteroatoms. The van der Waals surface area contributed by atoms with Gasteiger partial charge in [0.15, 0.2) is 11.6 Å². The van der Waals surface area contributed by atoms with Gasteiger partial charge in [-0.05, 0) is 38.1 Å². The van der Waals surface area contributed by atoms with Crippen molar-refractivity contribution in [3.63, 3.8) is 0 Å². The minimum Gasteiger partial charge on any atom is -0.486 e. The summed E-state index contributed by atoms with van der Waals surface area (Å²) < 4.78 is 21.2. The van der Waals surface area contributed by atoms with E-state index in [2.05, 4.69) is 38.5 Å². The van der Waals surface area contributed by atoms with Crippen LogP contribution >= 0.6 is 23.2 Å². The van der Waals surface area contributed by atoms with Gasteiger partial charge in [-0.3, -0.25) is 10.1 Å². The Hall–Kier alpha value is -3.45. The topological polar surface area (TPSA) is 103 Å². The highest BCUT2D eigenvalue weighted by atomic mass is 35.5. The van der Waals surface area contributed by atoms with E-state index in [1.165, 1.54) is 18.5 Å². The molecule has 0 aliphatic carbocycles. The lowest BCUT2D eigenvalue weighted by Crippen LogP contribution is -2.68. The van der Waals surface area contributed by atoms with Crippen LogP contribution in [0.3, 0.4) is 0 Å². The average molecular weight is 540 g/mol. The van der Waals surface area contributed by atoms with E-state index in [-0.39, 0.29) is 5.54 Å². The van der Waals surface area contributed by atoms with E-state index in [0.29, 0.717) is 64.5 Å². The van der Waals surface area contributed by atoms with Gasteiger partial charge >= 0.3 is 0 Å². The number of rotatable bonds is 8. The van der Waals surface area contributed by atoms with Crippen molar-refractivity contribution in [3.05, 3.63) is 64.3 Å². The van der Waals surface area contributed by atoms with Gasteiger partial charge in [-0.15, -0.1) is 0 Å². The molecule has 4 heterocycles. The summed E-state index contributed by atoms with van der Waals surface area (Å²) in [4.78, 5) is 10.3. The number of hydrogen-bond acceptors (Lipinski definition) is 7. The van der Waals surface area contributed by atoms with Gasteiger partial charge in [0.1, 0.15) is 17.5 Å². The molecule has 1 atom stereocenters. The fourth-order valence-electron chi connectivity index (χ4n) is 4.63. The number of halogens is 3. The number of ether oxygens (including phenoxy) is 1. The number of pyridine rings is 2. The van der Waals surface area contributed by atoms with E-state index in [9.17, 15) is 0 Å². The Morgan fingerprint density at radius 3 is 2.70 bits per heavy atom. The largest absolute Gasteiger partial charge is 0.486 e. The first-order valence-corrected chi connectivity index (χ1v) is 12.5. The number of nitrogens with zero attached hydrogens (tertiary/aromatic N) is 5. The van der Waals surface area contributed by atoms with Gasteiger partial charge in [-0.1, -0.05) is 23.2 Å². The number of nitrogens with one attached hydrogen (secondary N) is 2. The fraction of sp³-hybridized carbons (Fsp3) is 0.308. The van der Waals surface area contributed by atoms with Crippen molar-refractivity contribution >= 4 is 39.9 Å². The zero-order valence-electron chi connectivity index (χ0n) is 20.2.